The minimum Gasteiger partial charge on any atom is -0.342 e. The van der Waals surface area contributed by atoms with Crippen LogP contribution in [0.2, 0.25) is 0 Å². The van der Waals surface area contributed by atoms with Crippen molar-refractivity contribution in [3.05, 3.63) is 0 Å². The molecule has 0 aromatic heterocycles. The normalized spacial score (nSPS) is 29.6. The Balaban J connectivity index is 2.24. The van der Waals surface area contributed by atoms with Crippen LogP contribution in [0.4, 0.5) is 0 Å². The van der Waals surface area contributed by atoms with Gasteiger partial charge in [0.05, 0.1) is 0 Å². The third-order valence-corrected chi connectivity index (χ3v) is 4.86. The first kappa shape index (κ1) is 15.3. The predicted molar refractivity (Wildman–Crippen MR) is 79.1 cm³/mol. The first-order valence-corrected chi connectivity index (χ1v) is 7.86. The molecule has 1 aliphatic carbocycles. The first-order chi connectivity index (χ1) is 9.25. The van der Waals surface area contributed by atoms with Gasteiger partial charge in [0.25, 0.3) is 0 Å². The third-order valence-electron chi connectivity index (χ3n) is 4.86. The van der Waals surface area contributed by atoms with Crippen molar-refractivity contribution >= 4 is 11.8 Å². The van der Waals surface area contributed by atoms with Crippen LogP contribution in [0.1, 0.15) is 53.9 Å². The summed E-state index contributed by atoms with van der Waals surface area (Å²) in [6.45, 7) is 11.0. The third kappa shape index (κ3) is 2.70. The van der Waals surface area contributed by atoms with Gasteiger partial charge in [-0.25, -0.2) is 0 Å². The molecule has 4 heteroatoms. The van der Waals surface area contributed by atoms with Gasteiger partial charge < -0.3 is 10.2 Å². The number of piperazine rings is 1. The maximum Gasteiger partial charge on any atom is 0.246 e. The van der Waals surface area contributed by atoms with Gasteiger partial charge in [0.1, 0.15) is 12.1 Å². The number of carbonyl (C=O) groups excluding carboxylic acids is 2. The SMILES string of the molecule is CC(C)C1NC(=O)C(C(C)C)N(CC2(C)CCC2)C1=O. The fourth-order valence-electron chi connectivity index (χ4n) is 3.40. The monoisotopic (exact) mass is 280 g/mol. The summed E-state index contributed by atoms with van der Waals surface area (Å²) >= 11 is 0. The molecule has 20 heavy (non-hydrogen) atoms. The molecule has 0 radical (unpaired) electrons. The van der Waals surface area contributed by atoms with E-state index in [4.69, 9.17) is 0 Å². The number of carbonyl (C=O) groups is 2. The van der Waals surface area contributed by atoms with E-state index in [-0.39, 0.29) is 41.1 Å². The fourth-order valence-corrected chi connectivity index (χ4v) is 3.40. The lowest BCUT2D eigenvalue weighted by Gasteiger charge is -2.48. The van der Waals surface area contributed by atoms with Gasteiger partial charge in [-0.15, -0.1) is 0 Å². The Morgan fingerprint density at radius 3 is 2.20 bits per heavy atom. The molecule has 1 N–H and O–H groups in total. The molecule has 2 atom stereocenters. The summed E-state index contributed by atoms with van der Waals surface area (Å²) in [6.07, 6.45) is 3.57. The average Bonchev–Trinajstić information content (AvgIpc) is 2.30. The summed E-state index contributed by atoms with van der Waals surface area (Å²) < 4.78 is 0. The second-order valence-electron chi connectivity index (χ2n) is 7.55. The van der Waals surface area contributed by atoms with Crippen molar-refractivity contribution < 1.29 is 9.59 Å². The van der Waals surface area contributed by atoms with Crippen molar-refractivity contribution in [3.63, 3.8) is 0 Å². The Bertz CT molecular complexity index is 399. The molecule has 114 valence electrons. The van der Waals surface area contributed by atoms with Crippen molar-refractivity contribution in [1.82, 2.24) is 10.2 Å². The lowest BCUT2D eigenvalue weighted by molar-refractivity contribution is -0.155. The maximum atomic E-state index is 12.8. The van der Waals surface area contributed by atoms with Crippen LogP contribution in [0.25, 0.3) is 0 Å². The van der Waals surface area contributed by atoms with Gasteiger partial charge in [0.15, 0.2) is 0 Å². The van der Waals surface area contributed by atoms with E-state index < -0.39 is 0 Å². The molecule has 1 saturated carbocycles. The van der Waals surface area contributed by atoms with Crippen molar-refractivity contribution in [2.45, 2.75) is 66.0 Å². The summed E-state index contributed by atoms with van der Waals surface area (Å²) in [4.78, 5) is 27.0. The Morgan fingerprint density at radius 2 is 1.80 bits per heavy atom. The fraction of sp³-hybridized carbons (Fsp3) is 0.875. The van der Waals surface area contributed by atoms with Gasteiger partial charge in [-0.1, -0.05) is 41.0 Å². The van der Waals surface area contributed by atoms with Crippen molar-refractivity contribution in [3.8, 4) is 0 Å². The van der Waals surface area contributed by atoms with Gasteiger partial charge in [-0.2, -0.15) is 0 Å². The topological polar surface area (TPSA) is 49.4 Å². The van der Waals surface area contributed by atoms with E-state index in [1.807, 2.05) is 32.6 Å². The van der Waals surface area contributed by atoms with Crippen LogP contribution in [0.3, 0.4) is 0 Å². The molecule has 2 rings (SSSR count). The largest absolute Gasteiger partial charge is 0.342 e. The number of nitrogens with one attached hydrogen (secondary N) is 1. The van der Waals surface area contributed by atoms with Gasteiger partial charge in [0.2, 0.25) is 11.8 Å². The van der Waals surface area contributed by atoms with Crippen LogP contribution in [0.15, 0.2) is 0 Å². The molecule has 2 unspecified atom stereocenters. The lowest BCUT2D eigenvalue weighted by Crippen LogP contribution is -2.67. The minimum atomic E-state index is -0.360. The number of rotatable bonds is 4. The lowest BCUT2D eigenvalue weighted by atomic mass is 9.69. The van der Waals surface area contributed by atoms with Gasteiger partial charge in [-0.05, 0) is 30.1 Å². The van der Waals surface area contributed by atoms with Gasteiger partial charge in [-0.3, -0.25) is 9.59 Å². The Hall–Kier alpha value is -1.06. The maximum absolute atomic E-state index is 12.8. The molecule has 2 aliphatic rings. The minimum absolute atomic E-state index is 0.0150. The van der Waals surface area contributed by atoms with Crippen LogP contribution in [0, 0.1) is 17.3 Å². The quantitative estimate of drug-likeness (QED) is 0.858. The van der Waals surface area contributed by atoms with E-state index in [1.165, 1.54) is 6.42 Å². The van der Waals surface area contributed by atoms with Crippen LogP contribution in [-0.4, -0.2) is 35.3 Å². The number of amides is 2. The molecule has 4 nitrogen and oxygen atoms in total. The second kappa shape index (κ2) is 5.38. The summed E-state index contributed by atoms with van der Waals surface area (Å²) in [5, 5.41) is 2.92. The molecule has 1 heterocycles. The Labute approximate surface area is 122 Å². The van der Waals surface area contributed by atoms with Crippen molar-refractivity contribution in [1.29, 1.82) is 0 Å². The van der Waals surface area contributed by atoms with E-state index in [1.54, 1.807) is 0 Å². The van der Waals surface area contributed by atoms with Crippen molar-refractivity contribution in [2.75, 3.05) is 6.54 Å². The highest BCUT2D eigenvalue weighted by atomic mass is 16.2. The molecule has 2 fully saturated rings. The highest BCUT2D eigenvalue weighted by Gasteiger charge is 2.46. The van der Waals surface area contributed by atoms with Crippen LogP contribution in [-0.2, 0) is 9.59 Å². The number of nitrogens with zero attached hydrogens (tertiary/aromatic N) is 1. The molecular formula is C16H28N2O2. The van der Waals surface area contributed by atoms with E-state index in [9.17, 15) is 9.59 Å². The highest BCUT2D eigenvalue weighted by molar-refractivity contribution is 5.97. The smallest absolute Gasteiger partial charge is 0.246 e. The zero-order valence-corrected chi connectivity index (χ0v) is 13.4. The van der Waals surface area contributed by atoms with Gasteiger partial charge in [0, 0.05) is 6.54 Å². The summed E-state index contributed by atoms with van der Waals surface area (Å²) in [6, 6.07) is -0.670. The van der Waals surface area contributed by atoms with Crippen LogP contribution < -0.4 is 5.32 Å². The summed E-state index contributed by atoms with van der Waals surface area (Å²) in [5.41, 5.74) is 0.210. The molecule has 1 saturated heterocycles. The molecule has 0 spiro atoms. The summed E-state index contributed by atoms with van der Waals surface area (Å²) in [5.74, 6) is 0.402. The van der Waals surface area contributed by atoms with Crippen LogP contribution in [0.5, 0.6) is 0 Å². The molecule has 1 aliphatic heterocycles. The Morgan fingerprint density at radius 1 is 1.20 bits per heavy atom. The Kier molecular flexibility index (Phi) is 4.12. The van der Waals surface area contributed by atoms with Crippen LogP contribution >= 0.6 is 0 Å². The molecular weight excluding hydrogens is 252 g/mol. The van der Waals surface area contributed by atoms with Gasteiger partial charge >= 0.3 is 0 Å². The molecule has 0 aromatic carbocycles. The van der Waals surface area contributed by atoms with E-state index >= 15 is 0 Å². The second-order valence-corrected chi connectivity index (χ2v) is 7.55. The van der Waals surface area contributed by atoms with E-state index in [0.29, 0.717) is 0 Å². The number of hydrogen-bond acceptors (Lipinski definition) is 2. The molecule has 2 amide bonds. The predicted octanol–water partition coefficient (Wildman–Crippen LogP) is 2.18. The average molecular weight is 280 g/mol. The molecule has 0 bridgehead atoms. The van der Waals surface area contributed by atoms with E-state index in [2.05, 4.69) is 12.2 Å². The standard InChI is InChI=1S/C16H28N2O2/c1-10(2)12-15(20)18(9-16(5)7-6-8-16)13(11(3)4)14(19)17-12/h10-13H,6-9H2,1-5H3,(H,17,19). The van der Waals surface area contributed by atoms with E-state index in [0.717, 1.165) is 19.4 Å². The highest BCUT2D eigenvalue weighted by Crippen LogP contribution is 2.42. The number of hydrogen-bond donors (Lipinski definition) is 1. The zero-order chi connectivity index (χ0) is 15.1. The summed E-state index contributed by atoms with van der Waals surface area (Å²) in [7, 11) is 0. The first-order valence-electron chi connectivity index (χ1n) is 7.86. The van der Waals surface area contributed by atoms with Crippen molar-refractivity contribution in [2.24, 2.45) is 17.3 Å². The zero-order valence-electron chi connectivity index (χ0n) is 13.4. The molecule has 0 aromatic rings.